The molecule has 3 aromatic rings. The number of hydrogen-bond donors (Lipinski definition) is 3. The molecule has 0 aliphatic heterocycles. The number of rotatable bonds is 8. The van der Waals surface area contributed by atoms with Crippen LogP contribution in [0.3, 0.4) is 0 Å². The molecule has 0 radical (unpaired) electrons. The van der Waals surface area contributed by atoms with Crippen LogP contribution in [-0.4, -0.2) is 70.5 Å². The van der Waals surface area contributed by atoms with Gasteiger partial charge in [0.15, 0.2) is 16.4 Å². The van der Waals surface area contributed by atoms with Crippen molar-refractivity contribution in [3.05, 3.63) is 48.2 Å². The Morgan fingerprint density at radius 1 is 1.14 bits per heavy atom. The van der Waals surface area contributed by atoms with E-state index in [4.69, 9.17) is 9.47 Å². The van der Waals surface area contributed by atoms with Crippen LogP contribution in [0.4, 0.5) is 33.7 Å². The third kappa shape index (κ3) is 8.11. The highest BCUT2D eigenvalue weighted by Crippen LogP contribution is 2.33. The predicted octanol–water partition coefficient (Wildman–Crippen LogP) is 5.11. The molecule has 232 valence electrons. The minimum absolute atomic E-state index is 0.00702. The normalized spacial score (nSPS) is 18.9. The molecule has 1 heterocycles. The van der Waals surface area contributed by atoms with E-state index in [1.807, 2.05) is 0 Å². The molecule has 1 saturated carbocycles. The highest BCUT2D eigenvalue weighted by Gasteiger charge is 2.32. The lowest BCUT2D eigenvalue weighted by Gasteiger charge is -2.32. The van der Waals surface area contributed by atoms with Gasteiger partial charge in [0.1, 0.15) is 18.5 Å². The zero-order valence-electron chi connectivity index (χ0n) is 23.7. The number of methoxy groups -OCH3 is 1. The smallest absolute Gasteiger partial charge is 0.412 e. The molecule has 0 saturated heterocycles. The average molecular weight is 625 g/mol. The Labute approximate surface area is 246 Å². The average Bonchev–Trinajstić information content (AvgIpc) is 3.28. The number of amides is 1. The summed E-state index contributed by atoms with van der Waals surface area (Å²) in [6.07, 6.45) is -3.90. The summed E-state index contributed by atoms with van der Waals surface area (Å²) in [4.78, 5) is 12.3. The van der Waals surface area contributed by atoms with Gasteiger partial charge in [-0.1, -0.05) is 12.0 Å². The number of anilines is 2. The van der Waals surface area contributed by atoms with Crippen molar-refractivity contribution < 1.29 is 40.2 Å². The van der Waals surface area contributed by atoms with Gasteiger partial charge >= 0.3 is 12.3 Å². The van der Waals surface area contributed by atoms with Gasteiger partial charge in [0, 0.05) is 29.4 Å². The molecule has 3 atom stereocenters. The number of nitrogens with zero attached hydrogens (tertiary/aromatic N) is 1. The van der Waals surface area contributed by atoms with Crippen molar-refractivity contribution in [2.45, 2.75) is 55.1 Å². The van der Waals surface area contributed by atoms with E-state index >= 15 is 0 Å². The van der Waals surface area contributed by atoms with Crippen molar-refractivity contribution in [2.75, 3.05) is 37.7 Å². The van der Waals surface area contributed by atoms with Gasteiger partial charge in [-0.2, -0.15) is 13.2 Å². The van der Waals surface area contributed by atoms with Crippen molar-refractivity contribution >= 4 is 38.2 Å². The molecule has 9 nitrogen and oxygen atoms in total. The van der Waals surface area contributed by atoms with Gasteiger partial charge in [0.25, 0.3) is 0 Å². The number of fused-ring (bicyclic) bond motifs is 1. The minimum Gasteiger partial charge on any atom is -0.495 e. The van der Waals surface area contributed by atoms with E-state index < -0.39 is 47.5 Å². The molecule has 1 aliphatic rings. The third-order valence-electron chi connectivity index (χ3n) is 7.13. The first kappa shape index (κ1) is 32.0. The quantitative estimate of drug-likeness (QED) is 0.236. The Kier molecular flexibility index (Phi) is 9.76. The number of hydrogen-bond acceptors (Lipinski definition) is 7. The molecule has 3 N–H and O–H groups in total. The van der Waals surface area contributed by atoms with Gasteiger partial charge in [0.2, 0.25) is 0 Å². The summed E-state index contributed by atoms with van der Waals surface area (Å²) in [5, 5.41) is 9.14. The number of sulfone groups is 1. The number of nitrogens with one attached hydrogen (secondary N) is 3. The van der Waals surface area contributed by atoms with E-state index in [-0.39, 0.29) is 33.6 Å². The van der Waals surface area contributed by atoms with E-state index in [9.17, 15) is 30.8 Å². The largest absolute Gasteiger partial charge is 0.495 e. The molecular weight excluding hydrogens is 592 g/mol. The molecule has 1 fully saturated rings. The maximum Gasteiger partial charge on any atom is 0.412 e. The van der Waals surface area contributed by atoms with Crippen LogP contribution in [0.25, 0.3) is 10.9 Å². The number of aromatic nitrogens is 1. The van der Waals surface area contributed by atoms with Gasteiger partial charge in [-0.15, -0.1) is 0 Å². The molecule has 3 unspecified atom stereocenters. The fourth-order valence-corrected chi connectivity index (χ4v) is 5.62. The van der Waals surface area contributed by atoms with Crippen molar-refractivity contribution in [1.82, 2.24) is 9.88 Å². The molecule has 14 heteroatoms. The highest BCUT2D eigenvalue weighted by molar-refractivity contribution is 7.90. The van der Waals surface area contributed by atoms with Crippen LogP contribution in [-0.2, 0) is 21.1 Å². The zero-order chi connectivity index (χ0) is 31.4. The first-order valence-corrected chi connectivity index (χ1v) is 15.3. The predicted molar refractivity (Wildman–Crippen MR) is 155 cm³/mol. The SMILES string of the molecule is CNC1CCC(Nc2cccc3c2cc(C#CCOC(=O)Nc2ccc(S(C)(=O)=O)cc2OC)n3CC(F)(F)F)C(F)C1. The molecule has 1 aliphatic carbocycles. The second-order valence-corrected chi connectivity index (χ2v) is 12.2. The number of carbonyl (C=O) groups is 1. The lowest BCUT2D eigenvalue weighted by atomic mass is 9.89. The summed E-state index contributed by atoms with van der Waals surface area (Å²) in [6.45, 7) is -1.75. The number of benzene rings is 2. The minimum atomic E-state index is -4.54. The molecule has 1 amide bonds. The summed E-state index contributed by atoms with van der Waals surface area (Å²) in [5.41, 5.74) is 0.963. The maximum absolute atomic E-state index is 14.8. The first-order valence-electron chi connectivity index (χ1n) is 13.4. The van der Waals surface area contributed by atoms with Crippen LogP contribution in [0, 0.1) is 11.8 Å². The van der Waals surface area contributed by atoms with E-state index in [1.54, 1.807) is 19.2 Å². The number of ether oxygens (including phenoxy) is 2. The topological polar surface area (TPSA) is 111 Å². The van der Waals surface area contributed by atoms with Crippen LogP contribution in [0.1, 0.15) is 25.0 Å². The Balaban J connectivity index is 1.51. The van der Waals surface area contributed by atoms with Crippen molar-refractivity contribution in [1.29, 1.82) is 0 Å². The number of halogens is 4. The monoisotopic (exact) mass is 624 g/mol. The van der Waals surface area contributed by atoms with Crippen LogP contribution < -0.4 is 20.7 Å². The molecule has 43 heavy (non-hydrogen) atoms. The lowest BCUT2D eigenvalue weighted by molar-refractivity contribution is -0.140. The summed E-state index contributed by atoms with van der Waals surface area (Å²) in [7, 11) is -0.417. The lowest BCUT2D eigenvalue weighted by Crippen LogP contribution is -2.42. The van der Waals surface area contributed by atoms with Gasteiger partial charge in [0.05, 0.1) is 34.9 Å². The van der Waals surface area contributed by atoms with Crippen molar-refractivity contribution in [2.24, 2.45) is 0 Å². The van der Waals surface area contributed by atoms with Crippen LogP contribution in [0.5, 0.6) is 5.75 Å². The molecule has 1 aromatic heterocycles. The van der Waals surface area contributed by atoms with Crippen molar-refractivity contribution in [3.8, 4) is 17.6 Å². The van der Waals surface area contributed by atoms with E-state index in [0.717, 1.165) is 17.2 Å². The fraction of sp³-hybridized carbons (Fsp3) is 0.414. The zero-order valence-corrected chi connectivity index (χ0v) is 24.5. The Hall–Kier alpha value is -3.96. The molecular formula is C29H32F4N4O5S. The van der Waals surface area contributed by atoms with Gasteiger partial charge in [-0.05, 0) is 62.6 Å². The Morgan fingerprint density at radius 3 is 2.56 bits per heavy atom. The van der Waals surface area contributed by atoms with E-state index in [2.05, 4.69) is 27.8 Å². The number of alkyl halides is 4. The summed E-state index contributed by atoms with van der Waals surface area (Å²) in [6, 6.07) is 9.79. The standard InChI is InChI=1S/C29H32F4N4O5S/c1-34-18-9-11-24(22(30)14-18)35-23-7-4-8-26-21(23)15-19(37(26)17-29(31,32)33)6-5-13-42-28(38)36-25-12-10-20(43(3,39)40)16-27(25)41-2/h4,7-8,10,12,15-16,18,22,24,34-35H,9,11,13-14,17H2,1-3H3,(H,36,38). The maximum atomic E-state index is 14.8. The van der Waals surface area contributed by atoms with E-state index in [0.29, 0.717) is 23.9 Å². The summed E-state index contributed by atoms with van der Waals surface area (Å²) >= 11 is 0. The Bertz CT molecular complexity index is 1650. The fourth-order valence-electron chi connectivity index (χ4n) is 4.98. The molecule has 4 rings (SSSR count). The molecule has 0 spiro atoms. The third-order valence-corrected chi connectivity index (χ3v) is 8.24. The van der Waals surface area contributed by atoms with Crippen LogP contribution in [0.15, 0.2) is 47.4 Å². The van der Waals surface area contributed by atoms with Crippen LogP contribution in [0.2, 0.25) is 0 Å². The second-order valence-electron chi connectivity index (χ2n) is 10.2. The van der Waals surface area contributed by atoms with Crippen molar-refractivity contribution in [3.63, 3.8) is 0 Å². The van der Waals surface area contributed by atoms with Gasteiger partial charge < -0.3 is 24.7 Å². The molecule has 2 aromatic carbocycles. The summed E-state index contributed by atoms with van der Waals surface area (Å²) < 4.78 is 90.1. The first-order chi connectivity index (χ1) is 20.3. The van der Waals surface area contributed by atoms with Crippen LogP contribution >= 0.6 is 0 Å². The number of carbonyl (C=O) groups excluding carboxylic acids is 1. The second kappa shape index (κ2) is 13.1. The molecule has 0 bridgehead atoms. The van der Waals surface area contributed by atoms with E-state index in [1.165, 1.54) is 37.4 Å². The highest BCUT2D eigenvalue weighted by atomic mass is 32.2. The van der Waals surface area contributed by atoms with Gasteiger partial charge in [-0.3, -0.25) is 5.32 Å². The Morgan fingerprint density at radius 2 is 1.91 bits per heavy atom. The summed E-state index contributed by atoms with van der Waals surface area (Å²) in [5.74, 6) is 5.30. The van der Waals surface area contributed by atoms with Gasteiger partial charge in [-0.25, -0.2) is 17.6 Å².